The molecule has 0 aliphatic heterocycles. The number of fused-ring (bicyclic) bond motifs is 1. The fourth-order valence-electron chi connectivity index (χ4n) is 3.16. The summed E-state index contributed by atoms with van der Waals surface area (Å²) in [5, 5.41) is 14.2. The van der Waals surface area contributed by atoms with Crippen molar-refractivity contribution in [1.29, 1.82) is 0 Å². The summed E-state index contributed by atoms with van der Waals surface area (Å²) in [4.78, 5) is 11.3. The summed E-state index contributed by atoms with van der Waals surface area (Å²) in [5.41, 5.74) is 2.84. The molecule has 0 atom stereocenters. The fourth-order valence-corrected chi connectivity index (χ4v) is 3.73. The number of rotatable bonds is 7. The van der Waals surface area contributed by atoms with Crippen LogP contribution in [-0.4, -0.2) is 16.3 Å². The van der Waals surface area contributed by atoms with Gasteiger partial charge in [-0.3, -0.25) is 0 Å². The lowest BCUT2D eigenvalue weighted by Gasteiger charge is -2.11. The summed E-state index contributed by atoms with van der Waals surface area (Å²) in [7, 11) is 0. The van der Waals surface area contributed by atoms with Crippen molar-refractivity contribution < 1.29 is 9.84 Å². The third-order valence-corrected chi connectivity index (χ3v) is 5.03. The predicted molar refractivity (Wildman–Crippen MR) is 112 cm³/mol. The number of hydrogen-bond acceptors (Lipinski definition) is 4. The number of aromatic nitrogens is 1. The molecule has 0 fully saturated rings. The van der Waals surface area contributed by atoms with E-state index in [2.05, 4.69) is 35.0 Å². The van der Waals surface area contributed by atoms with Gasteiger partial charge in [0.1, 0.15) is 5.75 Å². The summed E-state index contributed by atoms with van der Waals surface area (Å²) in [6.45, 7) is 7.42. The lowest BCUT2D eigenvalue weighted by atomic mass is 10.1. The van der Waals surface area contributed by atoms with Gasteiger partial charge in [-0.05, 0) is 59.8 Å². The number of nitroso groups, excluding NO2 is 1. The zero-order valence-electron chi connectivity index (χ0n) is 15.7. The average molecular weight is 431 g/mol. The van der Waals surface area contributed by atoms with Crippen molar-refractivity contribution in [3.63, 3.8) is 0 Å². The summed E-state index contributed by atoms with van der Waals surface area (Å²) in [6.07, 6.45) is 1.02. The molecule has 0 amide bonds. The molecule has 1 N–H and O–H groups in total. The van der Waals surface area contributed by atoms with Crippen LogP contribution in [0.4, 0.5) is 5.69 Å². The van der Waals surface area contributed by atoms with E-state index in [1.165, 1.54) is 0 Å². The minimum Gasteiger partial charge on any atom is -0.494 e. The van der Waals surface area contributed by atoms with Crippen molar-refractivity contribution in [3.05, 3.63) is 56.9 Å². The number of halogens is 1. The monoisotopic (exact) mass is 430 g/mol. The van der Waals surface area contributed by atoms with E-state index in [1.807, 2.05) is 37.3 Å². The van der Waals surface area contributed by atoms with E-state index in [0.29, 0.717) is 24.5 Å². The first-order valence-corrected chi connectivity index (χ1v) is 9.76. The molecule has 2 aromatic carbocycles. The molecular formula is C21H23BrN2O3. The maximum absolute atomic E-state index is 11.3. The average Bonchev–Trinajstić information content (AvgIpc) is 2.87. The Labute approximate surface area is 167 Å². The molecule has 0 spiro atoms. The van der Waals surface area contributed by atoms with E-state index >= 15 is 0 Å². The van der Waals surface area contributed by atoms with Gasteiger partial charge in [-0.2, -0.15) is 0 Å². The molecule has 0 aliphatic rings. The Kier molecular flexibility index (Phi) is 5.85. The van der Waals surface area contributed by atoms with E-state index in [4.69, 9.17) is 4.74 Å². The van der Waals surface area contributed by atoms with Crippen LogP contribution >= 0.6 is 15.9 Å². The standard InChI is InChI=1S/C21H23BrN2O3/c1-13(2)8-9-27-17-6-4-15(5-7-17)12-24-20-14(3)10-16(22)11-18(20)19(23-26)21(24)25/h4-7,10-11,13,25H,8-9,12H2,1-3H3. The third kappa shape index (κ3) is 4.16. The Hall–Kier alpha value is -2.34. The van der Waals surface area contributed by atoms with E-state index in [1.54, 1.807) is 10.6 Å². The Morgan fingerprint density at radius 2 is 1.93 bits per heavy atom. The normalized spacial score (nSPS) is 11.3. The molecule has 0 unspecified atom stereocenters. The first-order chi connectivity index (χ1) is 12.9. The molecule has 3 rings (SSSR count). The van der Waals surface area contributed by atoms with E-state index < -0.39 is 0 Å². The molecule has 0 bridgehead atoms. The summed E-state index contributed by atoms with van der Waals surface area (Å²) < 4.78 is 8.32. The molecule has 3 aromatic rings. The SMILES string of the molecule is Cc1cc(Br)cc2c(N=O)c(O)n(Cc3ccc(OCCC(C)C)cc3)c12. The second kappa shape index (κ2) is 8.13. The molecule has 142 valence electrons. The zero-order chi connectivity index (χ0) is 19.6. The number of benzene rings is 2. The smallest absolute Gasteiger partial charge is 0.222 e. The number of nitrogens with zero attached hydrogens (tertiary/aromatic N) is 2. The van der Waals surface area contributed by atoms with Crippen molar-refractivity contribution in [1.82, 2.24) is 4.57 Å². The van der Waals surface area contributed by atoms with Crippen LogP contribution in [0.15, 0.2) is 46.0 Å². The van der Waals surface area contributed by atoms with Crippen LogP contribution in [0.2, 0.25) is 0 Å². The quantitative estimate of drug-likeness (QED) is 0.447. The number of hydrogen-bond donors (Lipinski definition) is 1. The number of aromatic hydroxyl groups is 1. The molecule has 0 saturated carbocycles. The zero-order valence-corrected chi connectivity index (χ0v) is 17.3. The topological polar surface area (TPSA) is 63.8 Å². The highest BCUT2D eigenvalue weighted by Gasteiger charge is 2.20. The van der Waals surface area contributed by atoms with Gasteiger partial charge < -0.3 is 14.4 Å². The van der Waals surface area contributed by atoms with Crippen LogP contribution in [0, 0.1) is 17.7 Å². The first kappa shape index (κ1) is 19.4. The van der Waals surface area contributed by atoms with E-state index in [-0.39, 0.29) is 11.6 Å². The highest BCUT2D eigenvalue weighted by molar-refractivity contribution is 9.10. The summed E-state index contributed by atoms with van der Waals surface area (Å²) >= 11 is 3.44. The van der Waals surface area contributed by atoms with Gasteiger partial charge in [-0.15, -0.1) is 4.91 Å². The summed E-state index contributed by atoms with van der Waals surface area (Å²) in [6, 6.07) is 11.6. The highest BCUT2D eigenvalue weighted by atomic mass is 79.9. The molecular weight excluding hydrogens is 408 g/mol. The van der Waals surface area contributed by atoms with Gasteiger partial charge in [0.05, 0.1) is 18.7 Å². The lowest BCUT2D eigenvalue weighted by Crippen LogP contribution is -2.02. The van der Waals surface area contributed by atoms with Crippen LogP contribution in [0.3, 0.4) is 0 Å². The Bertz CT molecular complexity index is 962. The molecule has 1 heterocycles. The minimum absolute atomic E-state index is 0.0723. The van der Waals surface area contributed by atoms with E-state index in [9.17, 15) is 10.0 Å². The van der Waals surface area contributed by atoms with Gasteiger partial charge in [0.2, 0.25) is 5.88 Å². The molecule has 5 nitrogen and oxygen atoms in total. The first-order valence-electron chi connectivity index (χ1n) is 8.97. The van der Waals surface area contributed by atoms with Crippen molar-refractivity contribution in [2.75, 3.05) is 6.61 Å². The van der Waals surface area contributed by atoms with Crippen LogP contribution in [0.1, 0.15) is 31.4 Å². The number of ether oxygens (including phenoxy) is 1. The van der Waals surface area contributed by atoms with Gasteiger partial charge in [0.25, 0.3) is 0 Å². The fraction of sp³-hybridized carbons (Fsp3) is 0.333. The van der Waals surface area contributed by atoms with Crippen molar-refractivity contribution in [2.24, 2.45) is 11.1 Å². The largest absolute Gasteiger partial charge is 0.494 e. The molecule has 1 aromatic heterocycles. The highest BCUT2D eigenvalue weighted by Crippen LogP contribution is 2.41. The van der Waals surface area contributed by atoms with Crippen molar-refractivity contribution >= 4 is 32.5 Å². The van der Waals surface area contributed by atoms with Gasteiger partial charge in [-0.25, -0.2) is 0 Å². The Balaban J connectivity index is 1.88. The predicted octanol–water partition coefficient (Wildman–Crippen LogP) is 6.29. The molecule has 0 saturated heterocycles. The molecule has 27 heavy (non-hydrogen) atoms. The van der Waals surface area contributed by atoms with Gasteiger partial charge >= 0.3 is 0 Å². The van der Waals surface area contributed by atoms with Gasteiger partial charge in [-0.1, -0.05) is 41.9 Å². The maximum atomic E-state index is 11.3. The summed E-state index contributed by atoms with van der Waals surface area (Å²) in [5.74, 6) is 1.33. The van der Waals surface area contributed by atoms with Crippen LogP contribution in [0.25, 0.3) is 10.9 Å². The third-order valence-electron chi connectivity index (χ3n) is 4.58. The lowest BCUT2D eigenvalue weighted by molar-refractivity contribution is 0.289. The van der Waals surface area contributed by atoms with Crippen LogP contribution in [0.5, 0.6) is 11.6 Å². The second-order valence-electron chi connectivity index (χ2n) is 7.14. The molecule has 0 radical (unpaired) electrons. The van der Waals surface area contributed by atoms with Crippen molar-refractivity contribution in [3.8, 4) is 11.6 Å². The Morgan fingerprint density at radius 1 is 1.22 bits per heavy atom. The second-order valence-corrected chi connectivity index (χ2v) is 8.06. The van der Waals surface area contributed by atoms with Crippen LogP contribution < -0.4 is 4.74 Å². The molecule has 6 heteroatoms. The van der Waals surface area contributed by atoms with Gasteiger partial charge in [0.15, 0.2) is 5.69 Å². The molecule has 0 aliphatic carbocycles. The Morgan fingerprint density at radius 3 is 2.56 bits per heavy atom. The maximum Gasteiger partial charge on any atom is 0.222 e. The van der Waals surface area contributed by atoms with Crippen molar-refractivity contribution in [2.45, 2.75) is 33.7 Å². The van der Waals surface area contributed by atoms with E-state index in [0.717, 1.165) is 33.3 Å². The van der Waals surface area contributed by atoms with Gasteiger partial charge in [0, 0.05) is 9.86 Å². The van der Waals surface area contributed by atoms with Crippen LogP contribution in [-0.2, 0) is 6.54 Å². The number of aryl methyl sites for hydroxylation is 1. The minimum atomic E-state index is -0.113.